The van der Waals surface area contributed by atoms with Gasteiger partial charge in [0.2, 0.25) is 0 Å². The van der Waals surface area contributed by atoms with Gasteiger partial charge in [-0.1, -0.05) is 30.3 Å². The summed E-state index contributed by atoms with van der Waals surface area (Å²) < 4.78 is 4.93. The molecule has 0 spiro atoms. The molecule has 3 rings (SSSR count). The Balaban J connectivity index is 1.80. The minimum absolute atomic E-state index is 0.0954. The van der Waals surface area contributed by atoms with Crippen molar-refractivity contribution in [2.24, 2.45) is 5.41 Å². The topological polar surface area (TPSA) is 127 Å². The molecule has 30 heavy (non-hydrogen) atoms. The Morgan fingerprint density at radius 1 is 1.27 bits per heavy atom. The standard InChI is InChI=1S/C19H20Cl2N4O5/c1-18(10-19(18,20)21)16(28)30-9-12(26)24(2)13-14(22)25(17(29)23-15(13)27)8-11-6-4-3-5-7-11/h3-7H,8-10,22H2,1-2H3,(H,23,27,29)/t18-/m0/s1. The number of carbonyl (C=O) groups is 2. The molecule has 3 N–H and O–H groups in total. The maximum absolute atomic E-state index is 12.5. The SMILES string of the molecule is CN(C(=O)COC(=O)[C@]1(C)CC1(Cl)Cl)c1c(N)n(Cc2ccccc2)c(=O)[nH]c1=O. The zero-order valence-corrected chi connectivity index (χ0v) is 17.8. The van der Waals surface area contributed by atoms with Crippen LogP contribution in [0.1, 0.15) is 18.9 Å². The number of nitrogens with two attached hydrogens (primary N) is 1. The van der Waals surface area contributed by atoms with Gasteiger partial charge in [-0.25, -0.2) is 4.79 Å². The van der Waals surface area contributed by atoms with E-state index >= 15 is 0 Å². The molecular weight excluding hydrogens is 435 g/mol. The van der Waals surface area contributed by atoms with Gasteiger partial charge < -0.3 is 15.4 Å². The molecule has 1 heterocycles. The minimum atomic E-state index is -1.23. The highest BCUT2D eigenvalue weighted by atomic mass is 35.5. The van der Waals surface area contributed by atoms with E-state index in [1.807, 2.05) is 6.07 Å². The normalized spacial score (nSPS) is 19.2. The van der Waals surface area contributed by atoms with Gasteiger partial charge in [0.05, 0.1) is 6.54 Å². The molecule has 9 nitrogen and oxygen atoms in total. The number of aromatic amines is 1. The number of benzene rings is 1. The van der Waals surface area contributed by atoms with E-state index in [4.69, 9.17) is 33.7 Å². The van der Waals surface area contributed by atoms with Gasteiger partial charge in [0.1, 0.15) is 15.6 Å². The highest BCUT2D eigenvalue weighted by Crippen LogP contribution is 2.64. The molecule has 1 fully saturated rings. The highest BCUT2D eigenvalue weighted by Gasteiger charge is 2.69. The summed E-state index contributed by atoms with van der Waals surface area (Å²) in [4.78, 5) is 52.3. The van der Waals surface area contributed by atoms with E-state index in [9.17, 15) is 19.2 Å². The van der Waals surface area contributed by atoms with Crippen LogP contribution >= 0.6 is 23.2 Å². The summed E-state index contributed by atoms with van der Waals surface area (Å²) in [6.07, 6.45) is 0.211. The Morgan fingerprint density at radius 3 is 2.43 bits per heavy atom. The molecule has 1 atom stereocenters. The van der Waals surface area contributed by atoms with E-state index in [1.165, 1.54) is 14.0 Å². The number of esters is 1. The van der Waals surface area contributed by atoms with Crippen LogP contribution in [-0.2, 0) is 20.9 Å². The molecule has 0 unspecified atom stereocenters. The smallest absolute Gasteiger partial charge is 0.330 e. The fourth-order valence-corrected chi connectivity index (χ4v) is 3.64. The largest absolute Gasteiger partial charge is 0.455 e. The first-order valence-corrected chi connectivity index (χ1v) is 9.71. The van der Waals surface area contributed by atoms with Gasteiger partial charge >= 0.3 is 11.7 Å². The second kappa shape index (κ2) is 7.81. The second-order valence-electron chi connectivity index (χ2n) is 7.31. The molecule has 0 aliphatic heterocycles. The third-order valence-electron chi connectivity index (χ3n) is 5.14. The Labute approximate surface area is 181 Å². The number of likely N-dealkylation sites (N-methyl/N-ethyl adjacent to an activating group) is 1. The third-order valence-corrected chi connectivity index (χ3v) is 6.24. The predicted molar refractivity (Wildman–Crippen MR) is 113 cm³/mol. The summed E-state index contributed by atoms with van der Waals surface area (Å²) in [5.74, 6) is -1.63. The zero-order valence-electron chi connectivity index (χ0n) is 16.3. The van der Waals surface area contributed by atoms with Crippen molar-refractivity contribution < 1.29 is 14.3 Å². The third kappa shape index (κ3) is 3.95. The van der Waals surface area contributed by atoms with Gasteiger partial charge in [0.15, 0.2) is 12.3 Å². The highest BCUT2D eigenvalue weighted by molar-refractivity contribution is 6.53. The van der Waals surface area contributed by atoms with Crippen LogP contribution in [0.5, 0.6) is 0 Å². The molecule has 160 valence electrons. The van der Waals surface area contributed by atoms with Gasteiger partial charge in [-0.3, -0.25) is 23.9 Å². The molecule has 1 amide bonds. The minimum Gasteiger partial charge on any atom is -0.455 e. The number of alkyl halides is 2. The van der Waals surface area contributed by atoms with Crippen LogP contribution in [0.3, 0.4) is 0 Å². The van der Waals surface area contributed by atoms with Crippen molar-refractivity contribution in [1.82, 2.24) is 9.55 Å². The Hall–Kier alpha value is -2.78. The van der Waals surface area contributed by atoms with Gasteiger partial charge in [0.25, 0.3) is 11.5 Å². The number of hydrogen-bond donors (Lipinski definition) is 2. The number of ether oxygens (including phenoxy) is 1. The van der Waals surface area contributed by atoms with E-state index in [0.717, 1.165) is 15.0 Å². The average molecular weight is 455 g/mol. The number of hydrogen-bond acceptors (Lipinski definition) is 6. The molecule has 11 heteroatoms. The van der Waals surface area contributed by atoms with Crippen LogP contribution in [0.4, 0.5) is 11.5 Å². The molecule has 0 saturated heterocycles. The summed E-state index contributed by atoms with van der Waals surface area (Å²) in [7, 11) is 1.29. The number of aromatic nitrogens is 2. The monoisotopic (exact) mass is 454 g/mol. The Morgan fingerprint density at radius 2 is 1.87 bits per heavy atom. The summed E-state index contributed by atoms with van der Waals surface area (Å²) in [5.41, 5.74) is 3.96. The summed E-state index contributed by atoms with van der Waals surface area (Å²) in [6, 6.07) is 8.99. The number of anilines is 2. The maximum Gasteiger partial charge on any atom is 0.330 e. The summed E-state index contributed by atoms with van der Waals surface area (Å²) in [6.45, 7) is 0.981. The van der Waals surface area contributed by atoms with Crippen molar-refractivity contribution in [2.45, 2.75) is 24.2 Å². The van der Waals surface area contributed by atoms with Crippen LogP contribution in [-0.4, -0.2) is 39.4 Å². The number of amides is 1. The lowest BCUT2D eigenvalue weighted by Crippen LogP contribution is -2.41. The van der Waals surface area contributed by atoms with Crippen molar-refractivity contribution >= 4 is 46.6 Å². The van der Waals surface area contributed by atoms with Crippen LogP contribution in [0.2, 0.25) is 0 Å². The molecule has 1 saturated carbocycles. The van der Waals surface area contributed by atoms with Gasteiger partial charge in [-0.05, 0) is 12.5 Å². The lowest BCUT2D eigenvalue weighted by molar-refractivity contribution is -0.152. The molecule has 0 bridgehead atoms. The van der Waals surface area contributed by atoms with Crippen molar-refractivity contribution in [1.29, 1.82) is 0 Å². The molecule has 2 aromatic rings. The van der Waals surface area contributed by atoms with Gasteiger partial charge in [-0.15, -0.1) is 23.2 Å². The number of carbonyl (C=O) groups excluding carboxylic acids is 2. The fraction of sp³-hybridized carbons (Fsp3) is 0.368. The lowest BCUT2D eigenvalue weighted by Gasteiger charge is -2.21. The van der Waals surface area contributed by atoms with Crippen molar-refractivity contribution in [3.05, 3.63) is 56.7 Å². The van der Waals surface area contributed by atoms with Crippen LogP contribution < -0.4 is 21.9 Å². The quantitative estimate of drug-likeness (QED) is 0.499. The van der Waals surface area contributed by atoms with Gasteiger partial charge in [-0.2, -0.15) is 0 Å². The number of halogens is 2. The number of nitrogens with zero attached hydrogens (tertiary/aromatic N) is 2. The first kappa shape index (κ1) is 21.9. The summed E-state index contributed by atoms with van der Waals surface area (Å²) in [5, 5.41) is 0. The molecular formula is C19H20Cl2N4O5. The van der Waals surface area contributed by atoms with Crippen molar-refractivity contribution in [3.8, 4) is 0 Å². The van der Waals surface area contributed by atoms with Crippen molar-refractivity contribution in [3.63, 3.8) is 0 Å². The van der Waals surface area contributed by atoms with Crippen LogP contribution in [0.15, 0.2) is 39.9 Å². The second-order valence-corrected chi connectivity index (χ2v) is 8.79. The summed E-state index contributed by atoms with van der Waals surface area (Å²) >= 11 is 11.9. The van der Waals surface area contributed by atoms with E-state index in [1.54, 1.807) is 24.3 Å². The molecule has 1 aliphatic carbocycles. The number of rotatable bonds is 6. The number of H-pyrrole nitrogens is 1. The first-order valence-electron chi connectivity index (χ1n) is 8.96. The number of nitrogen functional groups attached to an aromatic ring is 1. The first-order chi connectivity index (χ1) is 14.0. The average Bonchev–Trinajstić information content (AvgIpc) is 3.22. The maximum atomic E-state index is 12.5. The van der Waals surface area contributed by atoms with Gasteiger partial charge in [0, 0.05) is 13.5 Å². The lowest BCUT2D eigenvalue weighted by atomic mass is 10.1. The molecule has 1 aromatic carbocycles. The molecule has 1 aromatic heterocycles. The fourth-order valence-electron chi connectivity index (χ4n) is 2.95. The van der Waals surface area contributed by atoms with E-state index in [-0.39, 0.29) is 24.5 Å². The van der Waals surface area contributed by atoms with Crippen LogP contribution in [0, 0.1) is 5.41 Å². The zero-order chi connectivity index (χ0) is 22.3. The van der Waals surface area contributed by atoms with E-state index in [2.05, 4.69) is 4.98 Å². The Kier molecular flexibility index (Phi) is 5.70. The molecule has 1 aliphatic rings. The van der Waals surface area contributed by atoms with Crippen molar-refractivity contribution in [2.75, 3.05) is 24.3 Å². The van der Waals surface area contributed by atoms with E-state index < -0.39 is 39.5 Å². The molecule has 0 radical (unpaired) electrons. The van der Waals surface area contributed by atoms with Crippen LogP contribution in [0.25, 0.3) is 0 Å². The van der Waals surface area contributed by atoms with E-state index in [0.29, 0.717) is 0 Å². The predicted octanol–water partition coefficient (Wildman–Crippen LogP) is 1.26. The Bertz CT molecular complexity index is 1110. The number of nitrogens with one attached hydrogen (secondary N) is 1.